The summed E-state index contributed by atoms with van der Waals surface area (Å²) in [4.78, 5) is 14.7. The summed E-state index contributed by atoms with van der Waals surface area (Å²) in [5.74, 6) is 0.100. The van der Waals surface area contributed by atoms with E-state index in [9.17, 15) is 4.79 Å². The summed E-state index contributed by atoms with van der Waals surface area (Å²) in [6.07, 6.45) is 1.29. The molecule has 156 valence electrons. The highest BCUT2D eigenvalue weighted by Gasteiger charge is 2.13. The average Bonchev–Trinajstić information content (AvgIpc) is 2.71. The molecule has 0 radical (unpaired) electrons. The molecular weight excluding hydrogens is 360 g/mol. The summed E-state index contributed by atoms with van der Waals surface area (Å²) in [6, 6.07) is 17.1. The molecule has 2 aromatic rings. The van der Waals surface area contributed by atoms with Gasteiger partial charge < -0.3 is 10.1 Å². The SMILES string of the molecule is CC(C)(C)c1ccc(CCC(=O)NCc2cccc(CN3CCOCC3)c2)cc1. The molecule has 4 nitrogen and oxygen atoms in total. The lowest BCUT2D eigenvalue weighted by atomic mass is 9.86. The van der Waals surface area contributed by atoms with Crippen molar-refractivity contribution in [2.75, 3.05) is 26.3 Å². The predicted octanol–water partition coefficient (Wildman–Crippen LogP) is 4.07. The minimum Gasteiger partial charge on any atom is -0.379 e. The molecule has 1 saturated heterocycles. The Kier molecular flexibility index (Phi) is 7.45. The summed E-state index contributed by atoms with van der Waals surface area (Å²) < 4.78 is 5.41. The van der Waals surface area contributed by atoms with Crippen LogP contribution in [0.25, 0.3) is 0 Å². The summed E-state index contributed by atoms with van der Waals surface area (Å²) in [7, 11) is 0. The standard InChI is InChI=1S/C25H34N2O2/c1-25(2,3)23-10-7-20(8-11-23)9-12-24(28)26-18-21-5-4-6-22(17-21)19-27-13-15-29-16-14-27/h4-8,10-11,17H,9,12-16,18-19H2,1-3H3,(H,26,28). The quantitative estimate of drug-likeness (QED) is 0.770. The molecule has 0 aliphatic carbocycles. The van der Waals surface area contributed by atoms with Gasteiger partial charge in [-0.1, -0.05) is 69.3 Å². The zero-order valence-corrected chi connectivity index (χ0v) is 18.0. The molecular formula is C25H34N2O2. The molecule has 1 aliphatic heterocycles. The van der Waals surface area contributed by atoms with E-state index in [2.05, 4.69) is 79.5 Å². The summed E-state index contributed by atoms with van der Waals surface area (Å²) in [6.45, 7) is 11.8. The van der Waals surface area contributed by atoms with E-state index in [4.69, 9.17) is 4.74 Å². The van der Waals surface area contributed by atoms with Crippen molar-refractivity contribution in [3.8, 4) is 0 Å². The number of hydrogen-bond acceptors (Lipinski definition) is 3. The summed E-state index contributed by atoms with van der Waals surface area (Å²) in [5, 5.41) is 3.06. The third-order valence-electron chi connectivity index (χ3n) is 5.45. The monoisotopic (exact) mass is 394 g/mol. The smallest absolute Gasteiger partial charge is 0.220 e. The Morgan fingerprint density at radius 2 is 1.69 bits per heavy atom. The van der Waals surface area contributed by atoms with Crippen LogP contribution in [0, 0.1) is 0 Å². The van der Waals surface area contributed by atoms with Crippen LogP contribution in [-0.4, -0.2) is 37.1 Å². The number of carbonyl (C=O) groups excluding carboxylic acids is 1. The molecule has 4 heteroatoms. The maximum atomic E-state index is 12.3. The van der Waals surface area contributed by atoms with Gasteiger partial charge in [0.1, 0.15) is 0 Å². The average molecular weight is 395 g/mol. The number of rotatable bonds is 7. The molecule has 2 aromatic carbocycles. The van der Waals surface area contributed by atoms with Gasteiger partial charge in [-0.3, -0.25) is 9.69 Å². The molecule has 0 aromatic heterocycles. The van der Waals surface area contributed by atoms with Gasteiger partial charge in [0.05, 0.1) is 13.2 Å². The molecule has 0 atom stereocenters. The van der Waals surface area contributed by atoms with E-state index in [0.29, 0.717) is 13.0 Å². The van der Waals surface area contributed by atoms with Gasteiger partial charge >= 0.3 is 0 Å². The number of hydrogen-bond donors (Lipinski definition) is 1. The predicted molar refractivity (Wildman–Crippen MR) is 118 cm³/mol. The van der Waals surface area contributed by atoms with Crippen LogP contribution in [0.15, 0.2) is 48.5 Å². The van der Waals surface area contributed by atoms with Crippen LogP contribution in [0.3, 0.4) is 0 Å². The van der Waals surface area contributed by atoms with Crippen LogP contribution < -0.4 is 5.32 Å². The molecule has 3 rings (SSSR count). The Morgan fingerprint density at radius 1 is 1.00 bits per heavy atom. The number of nitrogens with zero attached hydrogens (tertiary/aromatic N) is 1. The first-order chi connectivity index (χ1) is 13.9. The minimum absolute atomic E-state index is 0.100. The highest BCUT2D eigenvalue weighted by Crippen LogP contribution is 2.22. The minimum atomic E-state index is 0.100. The fourth-order valence-corrected chi connectivity index (χ4v) is 3.57. The molecule has 0 bridgehead atoms. The highest BCUT2D eigenvalue weighted by molar-refractivity contribution is 5.76. The van der Waals surface area contributed by atoms with E-state index in [1.54, 1.807) is 0 Å². The van der Waals surface area contributed by atoms with Gasteiger partial charge in [0.25, 0.3) is 0 Å². The maximum Gasteiger partial charge on any atom is 0.220 e. The van der Waals surface area contributed by atoms with Gasteiger partial charge in [0.15, 0.2) is 0 Å². The van der Waals surface area contributed by atoms with Crippen molar-refractivity contribution in [2.45, 2.75) is 52.1 Å². The van der Waals surface area contributed by atoms with E-state index in [0.717, 1.165) is 44.8 Å². The van der Waals surface area contributed by atoms with Crippen LogP contribution in [-0.2, 0) is 34.5 Å². The lowest BCUT2D eigenvalue weighted by Crippen LogP contribution is -2.35. The van der Waals surface area contributed by atoms with Crippen LogP contribution in [0.1, 0.15) is 49.4 Å². The Hall–Kier alpha value is -2.17. The lowest BCUT2D eigenvalue weighted by Gasteiger charge is -2.26. The third-order valence-corrected chi connectivity index (χ3v) is 5.45. The van der Waals surface area contributed by atoms with Crippen molar-refractivity contribution in [1.29, 1.82) is 0 Å². The van der Waals surface area contributed by atoms with Crippen LogP contribution in [0.2, 0.25) is 0 Å². The first-order valence-electron chi connectivity index (χ1n) is 10.6. The largest absolute Gasteiger partial charge is 0.379 e. The van der Waals surface area contributed by atoms with E-state index in [1.807, 2.05) is 0 Å². The second-order valence-corrected chi connectivity index (χ2v) is 8.93. The van der Waals surface area contributed by atoms with Crippen molar-refractivity contribution in [2.24, 2.45) is 0 Å². The molecule has 0 unspecified atom stereocenters. The van der Waals surface area contributed by atoms with Crippen molar-refractivity contribution < 1.29 is 9.53 Å². The van der Waals surface area contributed by atoms with Gasteiger partial charge in [0, 0.05) is 32.6 Å². The molecule has 1 fully saturated rings. The first-order valence-corrected chi connectivity index (χ1v) is 10.6. The summed E-state index contributed by atoms with van der Waals surface area (Å²) >= 11 is 0. The zero-order chi connectivity index (χ0) is 20.7. The summed E-state index contributed by atoms with van der Waals surface area (Å²) in [5.41, 5.74) is 5.13. The number of aryl methyl sites for hydroxylation is 1. The van der Waals surface area contributed by atoms with Gasteiger partial charge in [0.2, 0.25) is 5.91 Å². The molecule has 1 amide bonds. The third kappa shape index (κ3) is 6.98. The molecule has 1 aliphatic rings. The number of nitrogens with one attached hydrogen (secondary N) is 1. The van der Waals surface area contributed by atoms with Crippen molar-refractivity contribution in [3.05, 3.63) is 70.8 Å². The first kappa shape index (κ1) is 21.5. The molecule has 29 heavy (non-hydrogen) atoms. The number of ether oxygens (including phenoxy) is 1. The highest BCUT2D eigenvalue weighted by atomic mass is 16.5. The van der Waals surface area contributed by atoms with Crippen LogP contribution in [0.5, 0.6) is 0 Å². The van der Waals surface area contributed by atoms with Gasteiger partial charge in [-0.15, -0.1) is 0 Å². The fourth-order valence-electron chi connectivity index (χ4n) is 3.57. The lowest BCUT2D eigenvalue weighted by molar-refractivity contribution is -0.121. The number of benzene rings is 2. The Bertz CT molecular complexity index is 787. The van der Waals surface area contributed by atoms with Crippen molar-refractivity contribution in [1.82, 2.24) is 10.2 Å². The second kappa shape index (κ2) is 10.0. The molecule has 1 N–H and O–H groups in total. The molecule has 0 saturated carbocycles. The number of morpholine rings is 1. The molecule has 0 spiro atoms. The topological polar surface area (TPSA) is 41.6 Å². The molecule has 1 heterocycles. The number of amides is 1. The van der Waals surface area contributed by atoms with E-state index in [1.165, 1.54) is 16.7 Å². The normalized spacial score (nSPS) is 15.3. The van der Waals surface area contributed by atoms with Gasteiger partial charge in [-0.25, -0.2) is 0 Å². The Labute approximate surface area is 175 Å². The van der Waals surface area contributed by atoms with E-state index in [-0.39, 0.29) is 11.3 Å². The van der Waals surface area contributed by atoms with Crippen LogP contribution >= 0.6 is 0 Å². The Balaban J connectivity index is 1.43. The number of carbonyl (C=O) groups is 1. The van der Waals surface area contributed by atoms with Crippen molar-refractivity contribution >= 4 is 5.91 Å². The van der Waals surface area contributed by atoms with Crippen LogP contribution in [0.4, 0.5) is 0 Å². The van der Waals surface area contributed by atoms with Gasteiger partial charge in [-0.2, -0.15) is 0 Å². The zero-order valence-electron chi connectivity index (χ0n) is 18.0. The second-order valence-electron chi connectivity index (χ2n) is 8.93. The van der Waals surface area contributed by atoms with E-state index >= 15 is 0 Å². The van der Waals surface area contributed by atoms with E-state index < -0.39 is 0 Å². The van der Waals surface area contributed by atoms with Crippen molar-refractivity contribution in [3.63, 3.8) is 0 Å². The Morgan fingerprint density at radius 3 is 2.38 bits per heavy atom. The fraction of sp³-hybridized carbons (Fsp3) is 0.480. The van der Waals surface area contributed by atoms with Gasteiger partial charge in [-0.05, 0) is 34.1 Å². The maximum absolute atomic E-state index is 12.3.